The summed E-state index contributed by atoms with van der Waals surface area (Å²) < 4.78 is 10.9. The summed E-state index contributed by atoms with van der Waals surface area (Å²) in [6.45, 7) is 0. The van der Waals surface area contributed by atoms with Crippen LogP contribution in [0.4, 0.5) is 0 Å². The molecule has 1 N–H and O–H groups in total. The van der Waals surface area contributed by atoms with Crippen LogP contribution in [0.1, 0.15) is 5.82 Å². The van der Waals surface area contributed by atoms with Crippen LogP contribution >= 0.6 is 0 Å². The Hall–Kier alpha value is -1.16. The predicted molar refractivity (Wildman–Crippen MR) is 58.7 cm³/mol. The Labute approximate surface area is 85.0 Å². The van der Waals surface area contributed by atoms with Crippen LogP contribution in [-0.2, 0) is 17.2 Å². The van der Waals surface area contributed by atoms with E-state index >= 15 is 0 Å². The van der Waals surface area contributed by atoms with Crippen molar-refractivity contribution < 1.29 is 4.21 Å². The normalized spacial score (nSPS) is 13.2. The number of imidazole rings is 1. The fourth-order valence-corrected chi connectivity index (χ4v) is 1.85. The smallest absolute Gasteiger partial charge is 0.108 e. The number of para-hydroxylation sites is 2. The number of hydrogen-bond donors (Lipinski definition) is 1. The van der Waals surface area contributed by atoms with Crippen LogP contribution in [0.25, 0.3) is 11.0 Å². The Morgan fingerprint density at radius 1 is 1.43 bits per heavy atom. The van der Waals surface area contributed by atoms with Crippen LogP contribution in [0.2, 0.25) is 0 Å². The molecule has 0 bridgehead atoms. The van der Waals surface area contributed by atoms with Gasteiger partial charge in [0, 0.05) is 29.2 Å². The third-order valence-corrected chi connectivity index (χ3v) is 2.84. The minimum Gasteiger partial charge on any atom is -0.342 e. The SMILES string of the molecule is CS(=O)CCc1nc2ccccc2[nH]1. The summed E-state index contributed by atoms with van der Waals surface area (Å²) in [5, 5.41) is 0. The zero-order chi connectivity index (χ0) is 9.97. The number of nitrogens with zero attached hydrogens (tertiary/aromatic N) is 1. The second-order valence-electron chi connectivity index (χ2n) is 3.23. The first-order valence-electron chi connectivity index (χ1n) is 4.49. The van der Waals surface area contributed by atoms with Crippen molar-refractivity contribution in [2.45, 2.75) is 6.42 Å². The summed E-state index contributed by atoms with van der Waals surface area (Å²) in [6.07, 6.45) is 2.46. The Morgan fingerprint density at radius 3 is 2.93 bits per heavy atom. The van der Waals surface area contributed by atoms with Crippen molar-refractivity contribution in [3.8, 4) is 0 Å². The largest absolute Gasteiger partial charge is 0.342 e. The van der Waals surface area contributed by atoms with Crippen molar-refractivity contribution in [2.24, 2.45) is 0 Å². The zero-order valence-corrected chi connectivity index (χ0v) is 8.80. The molecule has 1 aromatic heterocycles. The number of aromatic nitrogens is 2. The number of aryl methyl sites for hydroxylation is 1. The molecule has 1 aromatic carbocycles. The molecule has 0 saturated carbocycles. The molecule has 1 unspecified atom stereocenters. The molecule has 3 nitrogen and oxygen atoms in total. The van der Waals surface area contributed by atoms with Crippen molar-refractivity contribution in [1.82, 2.24) is 9.97 Å². The van der Waals surface area contributed by atoms with E-state index in [1.54, 1.807) is 6.26 Å². The zero-order valence-electron chi connectivity index (χ0n) is 7.99. The van der Waals surface area contributed by atoms with E-state index in [9.17, 15) is 4.21 Å². The maximum atomic E-state index is 10.9. The number of nitrogens with one attached hydrogen (secondary N) is 1. The van der Waals surface area contributed by atoms with Crippen molar-refractivity contribution in [3.63, 3.8) is 0 Å². The molecule has 0 radical (unpaired) electrons. The molecule has 0 aliphatic heterocycles. The van der Waals surface area contributed by atoms with Crippen LogP contribution in [0.3, 0.4) is 0 Å². The first-order chi connectivity index (χ1) is 6.75. The van der Waals surface area contributed by atoms with Gasteiger partial charge in [0.2, 0.25) is 0 Å². The van der Waals surface area contributed by atoms with Crippen LogP contribution in [-0.4, -0.2) is 26.2 Å². The molecule has 2 aromatic rings. The van der Waals surface area contributed by atoms with Gasteiger partial charge in [-0.3, -0.25) is 4.21 Å². The summed E-state index contributed by atoms with van der Waals surface area (Å²) in [4.78, 5) is 7.60. The summed E-state index contributed by atoms with van der Waals surface area (Å²) in [5.41, 5.74) is 2.02. The number of H-pyrrole nitrogens is 1. The molecule has 0 saturated heterocycles. The second-order valence-corrected chi connectivity index (χ2v) is 4.78. The minimum absolute atomic E-state index is 0.666. The quantitative estimate of drug-likeness (QED) is 0.830. The first kappa shape index (κ1) is 9.40. The maximum Gasteiger partial charge on any atom is 0.108 e. The van der Waals surface area contributed by atoms with Crippen molar-refractivity contribution in [1.29, 1.82) is 0 Å². The maximum absolute atomic E-state index is 10.9. The van der Waals surface area contributed by atoms with Gasteiger partial charge in [0.25, 0.3) is 0 Å². The molecule has 74 valence electrons. The third kappa shape index (κ3) is 2.01. The predicted octanol–water partition coefficient (Wildman–Crippen LogP) is 1.48. The number of fused-ring (bicyclic) bond motifs is 1. The third-order valence-electron chi connectivity index (χ3n) is 2.06. The minimum atomic E-state index is -0.748. The van der Waals surface area contributed by atoms with Gasteiger partial charge >= 0.3 is 0 Å². The number of rotatable bonds is 3. The molecule has 2 rings (SSSR count). The highest BCUT2D eigenvalue weighted by atomic mass is 32.2. The van der Waals surface area contributed by atoms with E-state index in [0.717, 1.165) is 23.3 Å². The Morgan fingerprint density at radius 2 is 2.21 bits per heavy atom. The van der Waals surface area contributed by atoms with Crippen LogP contribution in [0.5, 0.6) is 0 Å². The van der Waals surface area contributed by atoms with E-state index in [-0.39, 0.29) is 0 Å². The Balaban J connectivity index is 2.22. The Kier molecular flexibility index (Phi) is 2.63. The molecule has 0 spiro atoms. The van der Waals surface area contributed by atoms with Gasteiger partial charge in [0.05, 0.1) is 11.0 Å². The molecular weight excluding hydrogens is 196 g/mol. The van der Waals surface area contributed by atoms with Gasteiger partial charge in [0.1, 0.15) is 5.82 Å². The summed E-state index contributed by atoms with van der Waals surface area (Å²) in [7, 11) is -0.748. The lowest BCUT2D eigenvalue weighted by atomic mass is 10.3. The fraction of sp³-hybridized carbons (Fsp3) is 0.300. The molecule has 1 heterocycles. The van der Waals surface area contributed by atoms with Gasteiger partial charge in [0.15, 0.2) is 0 Å². The highest BCUT2D eigenvalue weighted by Gasteiger charge is 2.01. The lowest BCUT2D eigenvalue weighted by Gasteiger charge is -1.91. The highest BCUT2D eigenvalue weighted by Crippen LogP contribution is 2.10. The number of aromatic amines is 1. The van der Waals surface area contributed by atoms with Crippen molar-refractivity contribution in [2.75, 3.05) is 12.0 Å². The van der Waals surface area contributed by atoms with Crippen LogP contribution in [0, 0.1) is 0 Å². The molecule has 14 heavy (non-hydrogen) atoms. The average molecular weight is 208 g/mol. The molecule has 1 atom stereocenters. The molecular formula is C10H12N2OS. The number of hydrogen-bond acceptors (Lipinski definition) is 2. The average Bonchev–Trinajstić information content (AvgIpc) is 2.57. The lowest BCUT2D eigenvalue weighted by Crippen LogP contribution is -1.99. The molecule has 0 fully saturated rings. The van der Waals surface area contributed by atoms with E-state index in [1.165, 1.54) is 0 Å². The fourth-order valence-electron chi connectivity index (χ4n) is 1.36. The molecule has 4 heteroatoms. The van der Waals surface area contributed by atoms with E-state index < -0.39 is 10.8 Å². The number of benzene rings is 1. The van der Waals surface area contributed by atoms with Crippen LogP contribution in [0.15, 0.2) is 24.3 Å². The van der Waals surface area contributed by atoms with Gasteiger partial charge in [-0.05, 0) is 12.1 Å². The highest BCUT2D eigenvalue weighted by molar-refractivity contribution is 7.84. The van der Waals surface area contributed by atoms with Crippen molar-refractivity contribution in [3.05, 3.63) is 30.1 Å². The van der Waals surface area contributed by atoms with E-state index in [1.807, 2.05) is 24.3 Å². The van der Waals surface area contributed by atoms with Gasteiger partial charge in [-0.25, -0.2) is 4.98 Å². The second kappa shape index (κ2) is 3.92. The van der Waals surface area contributed by atoms with Crippen LogP contribution < -0.4 is 0 Å². The molecule has 0 aliphatic rings. The van der Waals surface area contributed by atoms with Gasteiger partial charge in [-0.15, -0.1) is 0 Å². The standard InChI is InChI=1S/C10H12N2OS/c1-14(13)7-6-10-11-8-4-2-3-5-9(8)12-10/h2-5H,6-7H2,1H3,(H,11,12). The summed E-state index contributed by atoms with van der Waals surface area (Å²) in [6, 6.07) is 7.90. The Bertz CT molecular complexity index is 431. The topological polar surface area (TPSA) is 45.8 Å². The molecule has 0 amide bonds. The van der Waals surface area contributed by atoms with Gasteiger partial charge in [-0.1, -0.05) is 12.1 Å². The lowest BCUT2D eigenvalue weighted by molar-refractivity contribution is 0.685. The summed E-state index contributed by atoms with van der Waals surface area (Å²) >= 11 is 0. The van der Waals surface area contributed by atoms with E-state index in [2.05, 4.69) is 9.97 Å². The van der Waals surface area contributed by atoms with Crippen molar-refractivity contribution >= 4 is 21.8 Å². The van der Waals surface area contributed by atoms with Gasteiger partial charge in [-0.2, -0.15) is 0 Å². The van der Waals surface area contributed by atoms with E-state index in [0.29, 0.717) is 5.75 Å². The monoisotopic (exact) mass is 208 g/mol. The summed E-state index contributed by atoms with van der Waals surface area (Å²) in [5.74, 6) is 1.58. The van der Waals surface area contributed by atoms with E-state index in [4.69, 9.17) is 0 Å². The first-order valence-corrected chi connectivity index (χ1v) is 6.22. The van der Waals surface area contributed by atoms with Gasteiger partial charge < -0.3 is 4.98 Å². The molecule has 0 aliphatic carbocycles.